The van der Waals surface area contributed by atoms with E-state index in [9.17, 15) is 14.3 Å². The van der Waals surface area contributed by atoms with Crippen LogP contribution in [-0.4, -0.2) is 22.7 Å². The van der Waals surface area contributed by atoms with E-state index in [0.717, 1.165) is 0 Å². The molecule has 2 N–H and O–H groups in total. The van der Waals surface area contributed by atoms with Gasteiger partial charge in [0.1, 0.15) is 5.28 Å². The number of carbonyl (C=O) groups excluding carboxylic acids is 1. The van der Waals surface area contributed by atoms with Crippen LogP contribution in [0.3, 0.4) is 0 Å². The van der Waals surface area contributed by atoms with Crippen molar-refractivity contribution in [3.63, 3.8) is 0 Å². The topological polar surface area (TPSA) is 66.4 Å². The summed E-state index contributed by atoms with van der Waals surface area (Å²) in [5.41, 5.74) is 0. The van der Waals surface area contributed by atoms with Crippen molar-refractivity contribution in [2.24, 2.45) is 5.92 Å². The van der Waals surface area contributed by atoms with Gasteiger partial charge in [-0.05, 0) is 6.42 Å². The minimum Gasteiger partial charge on any atom is -0.344 e. The van der Waals surface area contributed by atoms with Crippen LogP contribution in [0.15, 0.2) is 12.7 Å². The minimum atomic E-state index is -3.27. The first-order chi connectivity index (χ1) is 6.04. The molecule has 0 bridgehead atoms. The van der Waals surface area contributed by atoms with Crippen molar-refractivity contribution in [3.05, 3.63) is 12.7 Å². The summed E-state index contributed by atoms with van der Waals surface area (Å²) in [5.74, 6) is -0.0616. The minimum absolute atomic E-state index is 0.0616. The van der Waals surface area contributed by atoms with Crippen LogP contribution in [0.2, 0.25) is 0 Å². The first kappa shape index (κ1) is 10.5. The Labute approximate surface area is 77.5 Å². The van der Waals surface area contributed by atoms with E-state index in [1.165, 1.54) is 0 Å². The highest BCUT2D eigenvalue weighted by Crippen LogP contribution is 2.68. The Kier molecular flexibility index (Phi) is 2.64. The van der Waals surface area contributed by atoms with E-state index in [1.54, 1.807) is 13.0 Å². The molecule has 74 valence electrons. The van der Waals surface area contributed by atoms with Gasteiger partial charge in [0.25, 0.3) is 0 Å². The van der Waals surface area contributed by atoms with Gasteiger partial charge in [0.05, 0.1) is 0 Å². The van der Waals surface area contributed by atoms with E-state index in [2.05, 4.69) is 11.9 Å². The van der Waals surface area contributed by atoms with Gasteiger partial charge in [-0.2, -0.15) is 0 Å². The predicted molar refractivity (Wildman–Crippen MR) is 50.6 cm³/mol. The Morgan fingerprint density at radius 2 is 2.46 bits per heavy atom. The van der Waals surface area contributed by atoms with Crippen molar-refractivity contribution in [1.29, 1.82) is 0 Å². The van der Waals surface area contributed by atoms with Crippen LogP contribution < -0.4 is 5.32 Å². The summed E-state index contributed by atoms with van der Waals surface area (Å²) in [7, 11) is -3.27. The maximum Gasteiger partial charge on any atom is 0.225 e. The van der Waals surface area contributed by atoms with E-state index < -0.39 is 12.6 Å². The quantitative estimate of drug-likeness (QED) is 0.396. The molecule has 1 amide bonds. The van der Waals surface area contributed by atoms with Gasteiger partial charge in [0.2, 0.25) is 13.8 Å². The molecule has 1 aliphatic rings. The highest BCUT2D eigenvalue weighted by Gasteiger charge is 2.63. The van der Waals surface area contributed by atoms with Crippen molar-refractivity contribution in [3.8, 4) is 0 Å². The van der Waals surface area contributed by atoms with Crippen molar-refractivity contribution in [2.75, 3.05) is 6.16 Å². The molecule has 0 saturated heterocycles. The van der Waals surface area contributed by atoms with Crippen LogP contribution in [0.4, 0.5) is 0 Å². The number of carbonyl (C=O) groups is 1. The summed E-state index contributed by atoms with van der Waals surface area (Å²) in [6.45, 7) is 5.21. The number of amides is 1. The molecular formula is C8H14NO3P. The lowest BCUT2D eigenvalue weighted by Gasteiger charge is -2.21. The Bertz CT molecular complexity index is 279. The molecule has 1 aliphatic carbocycles. The van der Waals surface area contributed by atoms with Gasteiger partial charge < -0.3 is 10.2 Å². The van der Waals surface area contributed by atoms with Gasteiger partial charge >= 0.3 is 0 Å². The van der Waals surface area contributed by atoms with Crippen molar-refractivity contribution >= 4 is 13.8 Å². The van der Waals surface area contributed by atoms with Gasteiger partial charge in [0.15, 0.2) is 0 Å². The monoisotopic (exact) mass is 203 g/mol. The number of rotatable bonds is 5. The lowest BCUT2D eigenvalue weighted by molar-refractivity contribution is -0.110. The lowest BCUT2D eigenvalue weighted by Crippen LogP contribution is -2.32. The van der Waals surface area contributed by atoms with E-state index in [4.69, 9.17) is 0 Å². The Hall–Kier alpha value is -0.600. The average Bonchev–Trinajstić information content (AvgIpc) is 2.81. The Morgan fingerprint density at radius 3 is 2.77 bits per heavy atom. The maximum atomic E-state index is 11.7. The zero-order valence-corrected chi connectivity index (χ0v) is 8.46. The summed E-state index contributed by atoms with van der Waals surface area (Å²) in [5, 5.41) is 1.55. The van der Waals surface area contributed by atoms with E-state index in [-0.39, 0.29) is 12.1 Å². The lowest BCUT2D eigenvalue weighted by atomic mass is 10.4. The largest absolute Gasteiger partial charge is 0.344 e. The van der Waals surface area contributed by atoms with Crippen LogP contribution in [0.5, 0.6) is 0 Å². The first-order valence-corrected chi connectivity index (χ1v) is 6.04. The normalized spacial score (nSPS) is 36.0. The van der Waals surface area contributed by atoms with Gasteiger partial charge in [-0.15, -0.1) is 6.58 Å². The van der Waals surface area contributed by atoms with Crippen LogP contribution in [-0.2, 0) is 9.36 Å². The van der Waals surface area contributed by atoms with Crippen LogP contribution in [0, 0.1) is 5.92 Å². The molecule has 2 unspecified atom stereocenters. The molecule has 1 saturated carbocycles. The highest BCUT2D eigenvalue weighted by molar-refractivity contribution is 7.60. The molecule has 0 aromatic carbocycles. The smallest absolute Gasteiger partial charge is 0.225 e. The molecule has 0 radical (unpaired) electrons. The number of hydrogen-bond donors (Lipinski definition) is 2. The zero-order chi connectivity index (χ0) is 10.1. The van der Waals surface area contributed by atoms with Crippen molar-refractivity contribution in [1.82, 2.24) is 5.32 Å². The van der Waals surface area contributed by atoms with Gasteiger partial charge in [0, 0.05) is 12.1 Å². The summed E-state index contributed by atoms with van der Waals surface area (Å²) >= 11 is 0. The fraction of sp³-hybridized carbons (Fsp3) is 0.625. The van der Waals surface area contributed by atoms with Gasteiger partial charge in [-0.25, -0.2) is 0 Å². The summed E-state index contributed by atoms with van der Waals surface area (Å²) in [4.78, 5) is 19.9. The van der Waals surface area contributed by atoms with E-state index >= 15 is 0 Å². The standard InChI is InChI=1S/C8H14NO3P/c1-3-7-5-8(7,9-6-10)13(11,12)4-2/h3,6-7H,1,4-5H2,2H3,(H,9,10)(H,11,12)/t7?,8-/m0/s1. The van der Waals surface area contributed by atoms with Gasteiger partial charge in [-0.1, -0.05) is 13.0 Å². The van der Waals surface area contributed by atoms with Gasteiger partial charge in [-0.3, -0.25) is 9.36 Å². The third-order valence-corrected chi connectivity index (χ3v) is 5.38. The number of nitrogens with one attached hydrogen (secondary N) is 1. The first-order valence-electron chi connectivity index (χ1n) is 4.20. The van der Waals surface area contributed by atoms with E-state index in [1.807, 2.05) is 0 Å². The third kappa shape index (κ3) is 1.45. The molecule has 5 heteroatoms. The van der Waals surface area contributed by atoms with Crippen molar-refractivity contribution < 1.29 is 14.3 Å². The second-order valence-corrected chi connectivity index (χ2v) is 6.08. The maximum absolute atomic E-state index is 11.7. The average molecular weight is 203 g/mol. The Morgan fingerprint density at radius 1 is 1.85 bits per heavy atom. The summed E-state index contributed by atoms with van der Waals surface area (Å²) in [6.07, 6.45) is 2.81. The fourth-order valence-corrected chi connectivity index (χ4v) is 3.53. The van der Waals surface area contributed by atoms with Crippen LogP contribution >= 0.6 is 7.37 Å². The summed E-state index contributed by atoms with van der Waals surface area (Å²) < 4.78 is 11.7. The molecule has 1 fully saturated rings. The van der Waals surface area contributed by atoms with E-state index in [0.29, 0.717) is 12.8 Å². The Balaban J connectivity index is 2.89. The summed E-state index contributed by atoms with van der Waals surface area (Å²) in [6, 6.07) is 0. The molecule has 0 aliphatic heterocycles. The molecule has 0 aromatic rings. The third-order valence-electron chi connectivity index (χ3n) is 2.63. The molecule has 0 heterocycles. The fourth-order valence-electron chi connectivity index (χ4n) is 1.61. The number of hydrogen-bond acceptors (Lipinski definition) is 2. The molecule has 4 nitrogen and oxygen atoms in total. The van der Waals surface area contributed by atoms with Crippen molar-refractivity contribution in [2.45, 2.75) is 18.6 Å². The SMILES string of the molecule is C=CC1C[C@]1(NC=O)P(=O)(O)CC. The second kappa shape index (κ2) is 3.28. The molecule has 0 aromatic heterocycles. The molecule has 13 heavy (non-hydrogen) atoms. The highest BCUT2D eigenvalue weighted by atomic mass is 31.2. The zero-order valence-electron chi connectivity index (χ0n) is 7.56. The molecule has 3 atom stereocenters. The molecule has 0 spiro atoms. The predicted octanol–water partition coefficient (Wildman–Crippen LogP) is 0.925. The second-order valence-electron chi connectivity index (χ2n) is 3.25. The molecule has 1 rings (SSSR count). The molecular weight excluding hydrogens is 189 g/mol. The van der Waals surface area contributed by atoms with Crippen LogP contribution in [0.1, 0.15) is 13.3 Å². The van der Waals surface area contributed by atoms with Crippen LogP contribution in [0.25, 0.3) is 0 Å².